The zero-order valence-corrected chi connectivity index (χ0v) is 17.4. The maximum atomic E-state index is 12.4. The number of thioether (sulfide) groups is 1. The Morgan fingerprint density at radius 2 is 1.97 bits per heavy atom. The van der Waals surface area contributed by atoms with Crippen molar-refractivity contribution in [2.24, 2.45) is 5.92 Å². The summed E-state index contributed by atoms with van der Waals surface area (Å²) in [5, 5.41) is 10.2. The van der Waals surface area contributed by atoms with Gasteiger partial charge in [-0.25, -0.2) is 0 Å². The highest BCUT2D eigenvalue weighted by Crippen LogP contribution is 2.44. The molecule has 1 saturated carbocycles. The fourth-order valence-corrected chi connectivity index (χ4v) is 5.37. The standard InChI is InChI=1S/C24H24N2O2S/c1-2-28-24(27)18-10-17-12-22-20(13-21(25-26-22)16-8-9-16)23(19(17)11-18)29-14-15-6-4-3-5-7-15/h3-7,12-13,16,18H,2,8-11,14H2,1H3. The molecule has 2 aliphatic carbocycles. The van der Waals surface area contributed by atoms with E-state index in [2.05, 4.69) is 46.6 Å². The van der Waals surface area contributed by atoms with E-state index < -0.39 is 0 Å². The van der Waals surface area contributed by atoms with Gasteiger partial charge in [0, 0.05) is 22.0 Å². The second kappa shape index (κ2) is 7.79. The number of fused-ring (bicyclic) bond motifs is 2. The number of aromatic nitrogens is 2. The lowest BCUT2D eigenvalue weighted by Crippen LogP contribution is -2.17. The first kappa shape index (κ1) is 18.6. The van der Waals surface area contributed by atoms with Gasteiger partial charge in [-0.2, -0.15) is 10.2 Å². The van der Waals surface area contributed by atoms with Crippen LogP contribution < -0.4 is 0 Å². The predicted octanol–water partition coefficient (Wildman–Crippen LogP) is 5.08. The number of carbonyl (C=O) groups excluding carboxylic acids is 1. The first-order valence-electron chi connectivity index (χ1n) is 10.4. The number of esters is 1. The summed E-state index contributed by atoms with van der Waals surface area (Å²) in [4.78, 5) is 13.7. The second-order valence-electron chi connectivity index (χ2n) is 7.95. The molecule has 0 N–H and O–H groups in total. The molecule has 0 radical (unpaired) electrons. The van der Waals surface area contributed by atoms with Gasteiger partial charge in [-0.15, -0.1) is 11.8 Å². The summed E-state index contributed by atoms with van der Waals surface area (Å²) in [5.74, 6) is 1.29. The topological polar surface area (TPSA) is 52.1 Å². The van der Waals surface area contributed by atoms with Gasteiger partial charge in [0.15, 0.2) is 0 Å². The fourth-order valence-electron chi connectivity index (χ4n) is 4.16. The van der Waals surface area contributed by atoms with Crippen LogP contribution in [0.1, 0.15) is 48.1 Å². The number of hydrogen-bond donors (Lipinski definition) is 0. The highest BCUT2D eigenvalue weighted by molar-refractivity contribution is 7.98. The van der Waals surface area contributed by atoms with Crippen LogP contribution in [0.3, 0.4) is 0 Å². The summed E-state index contributed by atoms with van der Waals surface area (Å²) in [6.07, 6.45) is 3.91. The van der Waals surface area contributed by atoms with E-state index in [1.54, 1.807) is 0 Å². The Balaban J connectivity index is 1.55. The smallest absolute Gasteiger partial charge is 0.309 e. The Kier molecular flexibility index (Phi) is 5.00. The molecule has 0 saturated heterocycles. The zero-order valence-electron chi connectivity index (χ0n) is 16.6. The number of carbonyl (C=O) groups is 1. The normalized spacial score (nSPS) is 18.0. The molecule has 5 heteroatoms. The third-order valence-electron chi connectivity index (χ3n) is 5.82. The van der Waals surface area contributed by atoms with Crippen molar-refractivity contribution in [1.29, 1.82) is 0 Å². The van der Waals surface area contributed by atoms with Crippen LogP contribution in [0, 0.1) is 5.92 Å². The molecule has 148 valence electrons. The first-order valence-corrected chi connectivity index (χ1v) is 11.4. The van der Waals surface area contributed by atoms with Crippen molar-refractivity contribution < 1.29 is 9.53 Å². The Morgan fingerprint density at radius 1 is 1.14 bits per heavy atom. The predicted molar refractivity (Wildman–Crippen MR) is 115 cm³/mol. The van der Waals surface area contributed by atoms with Crippen molar-refractivity contribution in [1.82, 2.24) is 10.2 Å². The summed E-state index contributed by atoms with van der Waals surface area (Å²) >= 11 is 1.86. The van der Waals surface area contributed by atoms with Crippen molar-refractivity contribution in [3.8, 4) is 0 Å². The summed E-state index contributed by atoms with van der Waals surface area (Å²) in [7, 11) is 0. The SMILES string of the molecule is CCOC(=O)C1Cc2cc3nnc(C4CC4)cc3c(SCc3ccccc3)c2C1. The lowest BCUT2D eigenvalue weighted by molar-refractivity contribution is -0.147. The summed E-state index contributed by atoms with van der Waals surface area (Å²) < 4.78 is 5.31. The molecule has 4 nitrogen and oxygen atoms in total. The van der Waals surface area contributed by atoms with E-state index in [0.717, 1.165) is 29.8 Å². The van der Waals surface area contributed by atoms with E-state index in [4.69, 9.17) is 4.74 Å². The van der Waals surface area contributed by atoms with Crippen LogP contribution in [-0.2, 0) is 28.1 Å². The number of hydrogen-bond acceptors (Lipinski definition) is 5. The minimum Gasteiger partial charge on any atom is -0.466 e. The number of rotatable bonds is 6. The maximum absolute atomic E-state index is 12.4. The minimum atomic E-state index is -0.0892. The molecule has 0 amide bonds. The molecule has 1 heterocycles. The minimum absolute atomic E-state index is 0.0866. The van der Waals surface area contributed by atoms with Crippen LogP contribution in [0.25, 0.3) is 10.9 Å². The van der Waals surface area contributed by atoms with Crippen LogP contribution >= 0.6 is 11.8 Å². The van der Waals surface area contributed by atoms with Crippen LogP contribution in [0.2, 0.25) is 0 Å². The van der Waals surface area contributed by atoms with Crippen LogP contribution in [0.15, 0.2) is 47.4 Å². The van der Waals surface area contributed by atoms with Crippen molar-refractivity contribution in [2.75, 3.05) is 6.61 Å². The van der Waals surface area contributed by atoms with Crippen molar-refractivity contribution in [3.63, 3.8) is 0 Å². The second-order valence-corrected chi connectivity index (χ2v) is 8.94. The van der Waals surface area contributed by atoms with Gasteiger partial charge in [0.2, 0.25) is 0 Å². The zero-order chi connectivity index (χ0) is 19.8. The molecule has 2 aliphatic rings. The van der Waals surface area contributed by atoms with Gasteiger partial charge < -0.3 is 4.74 Å². The van der Waals surface area contributed by atoms with Gasteiger partial charge in [0.25, 0.3) is 0 Å². The van der Waals surface area contributed by atoms with Crippen molar-refractivity contribution in [2.45, 2.75) is 49.2 Å². The quantitative estimate of drug-likeness (QED) is 0.424. The van der Waals surface area contributed by atoms with Gasteiger partial charge in [0.05, 0.1) is 23.7 Å². The van der Waals surface area contributed by atoms with Crippen LogP contribution in [-0.4, -0.2) is 22.8 Å². The Labute approximate surface area is 175 Å². The number of benzene rings is 2. The lowest BCUT2D eigenvalue weighted by Gasteiger charge is -2.13. The molecular formula is C24H24N2O2S. The fraction of sp³-hybridized carbons (Fsp3) is 0.375. The Bertz CT molecular complexity index is 1060. The van der Waals surface area contributed by atoms with E-state index in [1.807, 2.05) is 24.8 Å². The van der Waals surface area contributed by atoms with E-state index in [-0.39, 0.29) is 11.9 Å². The van der Waals surface area contributed by atoms with Crippen molar-refractivity contribution in [3.05, 3.63) is 64.8 Å². The molecule has 1 atom stereocenters. The summed E-state index contributed by atoms with van der Waals surface area (Å²) in [6, 6.07) is 14.9. The monoisotopic (exact) mass is 404 g/mol. The van der Waals surface area contributed by atoms with E-state index >= 15 is 0 Å². The Morgan fingerprint density at radius 3 is 2.72 bits per heavy atom. The number of ether oxygens (including phenoxy) is 1. The van der Waals surface area contributed by atoms with E-state index in [0.29, 0.717) is 12.5 Å². The van der Waals surface area contributed by atoms with Gasteiger partial charge in [-0.05, 0) is 61.4 Å². The van der Waals surface area contributed by atoms with Gasteiger partial charge >= 0.3 is 5.97 Å². The number of nitrogens with zero attached hydrogens (tertiary/aromatic N) is 2. The summed E-state index contributed by atoms with van der Waals surface area (Å²) in [5.41, 5.74) is 5.87. The molecule has 0 aliphatic heterocycles. The van der Waals surface area contributed by atoms with Crippen molar-refractivity contribution >= 4 is 28.6 Å². The molecule has 3 aromatic rings. The molecule has 0 spiro atoms. The average molecular weight is 405 g/mol. The molecule has 0 bridgehead atoms. The lowest BCUT2D eigenvalue weighted by atomic mass is 10.1. The largest absolute Gasteiger partial charge is 0.466 e. The maximum Gasteiger partial charge on any atom is 0.309 e. The van der Waals surface area contributed by atoms with Crippen LogP contribution in [0.5, 0.6) is 0 Å². The summed E-state index contributed by atoms with van der Waals surface area (Å²) in [6.45, 7) is 2.30. The van der Waals surface area contributed by atoms with Gasteiger partial charge in [0.1, 0.15) is 0 Å². The third-order valence-corrected chi connectivity index (χ3v) is 7.05. The molecule has 1 fully saturated rings. The molecule has 2 aromatic carbocycles. The van der Waals surface area contributed by atoms with Gasteiger partial charge in [-0.1, -0.05) is 30.3 Å². The van der Waals surface area contributed by atoms with E-state index in [9.17, 15) is 4.79 Å². The van der Waals surface area contributed by atoms with E-state index in [1.165, 1.54) is 39.8 Å². The van der Waals surface area contributed by atoms with Crippen LogP contribution in [0.4, 0.5) is 0 Å². The highest BCUT2D eigenvalue weighted by Gasteiger charge is 2.32. The Hall–Kier alpha value is -2.40. The molecule has 29 heavy (non-hydrogen) atoms. The molecular weight excluding hydrogens is 380 g/mol. The molecule has 1 aromatic heterocycles. The average Bonchev–Trinajstić information content (AvgIpc) is 3.51. The third kappa shape index (κ3) is 3.76. The molecule has 1 unspecified atom stereocenters. The highest BCUT2D eigenvalue weighted by atomic mass is 32.2. The molecule has 5 rings (SSSR count). The first-order chi connectivity index (χ1) is 14.2. The van der Waals surface area contributed by atoms with Gasteiger partial charge in [-0.3, -0.25) is 4.79 Å².